The number of hydrogen-bond donors (Lipinski definition) is 1. The quantitative estimate of drug-likeness (QED) is 0.209. The first-order chi connectivity index (χ1) is 16.5. The maximum Gasteiger partial charge on any atom is 0.269 e. The average molecular weight is 476 g/mol. The van der Waals surface area contributed by atoms with Gasteiger partial charge in [0, 0.05) is 23.5 Å². The van der Waals surface area contributed by atoms with E-state index in [4.69, 9.17) is 4.74 Å². The molecule has 1 N–H and O–H groups in total. The zero-order chi connectivity index (χ0) is 23.9. The first kappa shape index (κ1) is 23.0. The zero-order valence-electron chi connectivity index (χ0n) is 18.2. The van der Waals surface area contributed by atoms with Gasteiger partial charge in [-0.15, -0.1) is 10.2 Å². The molecule has 3 aromatic carbocycles. The van der Waals surface area contributed by atoms with Gasteiger partial charge >= 0.3 is 0 Å². The third-order valence-corrected chi connectivity index (χ3v) is 5.87. The molecule has 4 aromatic rings. The van der Waals surface area contributed by atoms with Crippen molar-refractivity contribution in [2.24, 2.45) is 0 Å². The van der Waals surface area contributed by atoms with Gasteiger partial charge in [-0.05, 0) is 43.3 Å². The lowest BCUT2D eigenvalue weighted by molar-refractivity contribution is -0.384. The highest BCUT2D eigenvalue weighted by Crippen LogP contribution is 2.27. The maximum absolute atomic E-state index is 12.7. The van der Waals surface area contributed by atoms with Crippen molar-refractivity contribution in [2.75, 3.05) is 5.32 Å². The summed E-state index contributed by atoms with van der Waals surface area (Å²) in [5.41, 5.74) is 1.54. The number of rotatable bonds is 9. The average Bonchev–Trinajstić information content (AvgIpc) is 3.26. The monoisotopic (exact) mass is 475 g/mol. The molecule has 0 aliphatic rings. The third kappa shape index (κ3) is 5.59. The van der Waals surface area contributed by atoms with Crippen LogP contribution in [0.5, 0.6) is 5.75 Å². The number of non-ortho nitro benzene ring substituents is 1. The number of carbonyl (C=O) groups is 1. The fraction of sp³-hybridized carbons (Fsp3) is 0.125. The van der Waals surface area contributed by atoms with Crippen molar-refractivity contribution in [2.45, 2.75) is 23.9 Å². The molecule has 0 spiro atoms. The standard InChI is InChI=1S/C24H21N5O4S/c1-17(23(30)25-18-8-4-2-5-9-18)34-24-27-26-22(28(24)19-10-6-3-7-11-19)16-33-21-14-12-20(13-15-21)29(31)32/h2-15,17H,16H2,1H3,(H,25,30)/t17-/m1/s1. The van der Waals surface area contributed by atoms with Crippen LogP contribution in [0.25, 0.3) is 5.69 Å². The van der Waals surface area contributed by atoms with Crippen LogP contribution in [0, 0.1) is 10.1 Å². The molecule has 0 aliphatic heterocycles. The number of nitrogens with one attached hydrogen (secondary N) is 1. The van der Waals surface area contributed by atoms with Crippen LogP contribution in [-0.4, -0.2) is 30.8 Å². The molecule has 0 bridgehead atoms. The Balaban J connectivity index is 1.52. The van der Waals surface area contributed by atoms with Crippen molar-refractivity contribution in [3.05, 3.63) is 101 Å². The van der Waals surface area contributed by atoms with Crippen LogP contribution in [-0.2, 0) is 11.4 Å². The first-order valence-electron chi connectivity index (χ1n) is 10.4. The van der Waals surface area contributed by atoms with Crippen LogP contribution in [0.4, 0.5) is 11.4 Å². The number of anilines is 1. The Morgan fingerprint density at radius 2 is 1.68 bits per heavy atom. The van der Waals surface area contributed by atoms with Crippen LogP contribution in [0.3, 0.4) is 0 Å². The predicted octanol–water partition coefficient (Wildman–Crippen LogP) is 4.87. The number of amides is 1. The van der Waals surface area contributed by atoms with E-state index in [-0.39, 0.29) is 18.2 Å². The Hall–Kier alpha value is -4.18. The van der Waals surface area contributed by atoms with Gasteiger partial charge in [0.25, 0.3) is 5.69 Å². The smallest absolute Gasteiger partial charge is 0.269 e. The number of hydrogen-bond acceptors (Lipinski definition) is 7. The Bertz CT molecular complexity index is 1260. The number of nitro benzene ring substituents is 1. The summed E-state index contributed by atoms with van der Waals surface area (Å²) in [7, 11) is 0. The predicted molar refractivity (Wildman–Crippen MR) is 129 cm³/mol. The summed E-state index contributed by atoms with van der Waals surface area (Å²) in [6.07, 6.45) is 0. The minimum absolute atomic E-state index is 0.0127. The highest BCUT2D eigenvalue weighted by Gasteiger charge is 2.21. The number of aromatic nitrogens is 3. The Labute approximate surface area is 199 Å². The number of nitro groups is 1. The molecule has 172 valence electrons. The molecular formula is C24H21N5O4S. The number of benzene rings is 3. The van der Waals surface area contributed by atoms with Crippen molar-refractivity contribution in [1.29, 1.82) is 0 Å². The van der Waals surface area contributed by atoms with E-state index in [2.05, 4.69) is 15.5 Å². The maximum atomic E-state index is 12.7. The van der Waals surface area contributed by atoms with Crippen LogP contribution in [0.2, 0.25) is 0 Å². The molecule has 9 nitrogen and oxygen atoms in total. The van der Waals surface area contributed by atoms with Gasteiger partial charge in [0.2, 0.25) is 5.91 Å². The van der Waals surface area contributed by atoms with E-state index in [1.807, 2.05) is 65.2 Å². The molecule has 1 heterocycles. The van der Waals surface area contributed by atoms with Crippen LogP contribution in [0.15, 0.2) is 90.1 Å². The molecule has 34 heavy (non-hydrogen) atoms. The van der Waals surface area contributed by atoms with Gasteiger partial charge < -0.3 is 10.1 Å². The van der Waals surface area contributed by atoms with E-state index < -0.39 is 10.2 Å². The lowest BCUT2D eigenvalue weighted by Crippen LogP contribution is -2.22. The van der Waals surface area contributed by atoms with E-state index in [9.17, 15) is 14.9 Å². The molecule has 0 unspecified atom stereocenters. The van der Waals surface area contributed by atoms with E-state index in [1.54, 1.807) is 6.92 Å². The first-order valence-corrected chi connectivity index (χ1v) is 11.3. The van der Waals surface area contributed by atoms with Gasteiger partial charge in [-0.3, -0.25) is 19.5 Å². The minimum Gasteiger partial charge on any atom is -0.486 e. The molecule has 0 saturated heterocycles. The van der Waals surface area contributed by atoms with Crippen LogP contribution in [0.1, 0.15) is 12.7 Å². The topological polar surface area (TPSA) is 112 Å². The van der Waals surface area contributed by atoms with E-state index in [0.717, 1.165) is 11.4 Å². The lowest BCUT2D eigenvalue weighted by Gasteiger charge is -2.14. The van der Waals surface area contributed by atoms with Crippen LogP contribution >= 0.6 is 11.8 Å². The van der Waals surface area contributed by atoms with Crippen molar-refractivity contribution in [3.63, 3.8) is 0 Å². The summed E-state index contributed by atoms with van der Waals surface area (Å²) in [5, 5.41) is 22.4. The number of para-hydroxylation sites is 2. The SMILES string of the molecule is C[C@@H](Sc1nnc(COc2ccc([N+](=O)[O-])cc2)n1-c1ccccc1)C(=O)Nc1ccccc1. The van der Waals surface area contributed by atoms with E-state index in [0.29, 0.717) is 16.7 Å². The van der Waals surface area contributed by atoms with Crippen molar-refractivity contribution in [1.82, 2.24) is 14.8 Å². The second kappa shape index (κ2) is 10.6. The summed E-state index contributed by atoms with van der Waals surface area (Å²) in [4.78, 5) is 23.1. The summed E-state index contributed by atoms with van der Waals surface area (Å²) in [6.45, 7) is 1.89. The van der Waals surface area contributed by atoms with Gasteiger partial charge in [-0.25, -0.2) is 0 Å². The summed E-state index contributed by atoms with van der Waals surface area (Å²) in [6, 6.07) is 24.6. The molecule has 1 atom stereocenters. The Kier molecular flexibility index (Phi) is 7.19. The minimum atomic E-state index is -0.464. The van der Waals surface area contributed by atoms with Crippen molar-refractivity contribution < 1.29 is 14.5 Å². The highest BCUT2D eigenvalue weighted by molar-refractivity contribution is 8.00. The molecule has 1 amide bonds. The molecule has 0 radical (unpaired) electrons. The molecule has 0 saturated carbocycles. The molecule has 4 rings (SSSR count). The highest BCUT2D eigenvalue weighted by atomic mass is 32.2. The molecular weight excluding hydrogens is 454 g/mol. The second-order valence-corrected chi connectivity index (χ2v) is 8.53. The number of ether oxygens (including phenoxy) is 1. The summed E-state index contributed by atoms with van der Waals surface area (Å²) in [5.74, 6) is 0.850. The summed E-state index contributed by atoms with van der Waals surface area (Å²) >= 11 is 1.29. The fourth-order valence-electron chi connectivity index (χ4n) is 3.10. The van der Waals surface area contributed by atoms with Gasteiger partial charge in [-0.2, -0.15) is 0 Å². The lowest BCUT2D eigenvalue weighted by atomic mass is 10.3. The fourth-order valence-corrected chi connectivity index (χ4v) is 3.98. The number of thioether (sulfide) groups is 1. The van der Waals surface area contributed by atoms with Gasteiger partial charge in [-0.1, -0.05) is 48.2 Å². The third-order valence-electron chi connectivity index (χ3n) is 4.82. The van der Waals surface area contributed by atoms with Gasteiger partial charge in [0.1, 0.15) is 12.4 Å². The van der Waals surface area contributed by atoms with Gasteiger partial charge in [0.05, 0.1) is 10.2 Å². The van der Waals surface area contributed by atoms with Gasteiger partial charge in [0.15, 0.2) is 11.0 Å². The van der Waals surface area contributed by atoms with Crippen molar-refractivity contribution >= 4 is 29.0 Å². The number of carbonyl (C=O) groups excluding carboxylic acids is 1. The summed E-state index contributed by atoms with van der Waals surface area (Å²) < 4.78 is 7.63. The number of nitrogens with zero attached hydrogens (tertiary/aromatic N) is 4. The molecule has 10 heteroatoms. The zero-order valence-corrected chi connectivity index (χ0v) is 19.0. The van der Waals surface area contributed by atoms with Crippen LogP contribution < -0.4 is 10.1 Å². The molecule has 0 fully saturated rings. The normalized spacial score (nSPS) is 11.6. The molecule has 0 aliphatic carbocycles. The molecule has 1 aromatic heterocycles. The Morgan fingerprint density at radius 3 is 2.32 bits per heavy atom. The second-order valence-electron chi connectivity index (χ2n) is 7.22. The van der Waals surface area contributed by atoms with Crippen molar-refractivity contribution in [3.8, 4) is 11.4 Å². The Morgan fingerprint density at radius 1 is 1.03 bits per heavy atom. The van der Waals surface area contributed by atoms with E-state index in [1.165, 1.54) is 36.0 Å². The van der Waals surface area contributed by atoms with E-state index >= 15 is 0 Å². The largest absolute Gasteiger partial charge is 0.486 e.